The zero-order valence-corrected chi connectivity index (χ0v) is 8.21. The molecule has 1 aromatic carbocycles. The van der Waals surface area contributed by atoms with Crippen LogP contribution in [0.15, 0.2) is 42.7 Å². The highest BCUT2D eigenvalue weighted by atomic mass is 32.1. The number of hydrogen-bond donors (Lipinski definition) is 1. The van der Waals surface area contributed by atoms with Crippen LogP contribution in [0.5, 0.6) is 0 Å². The van der Waals surface area contributed by atoms with Crippen molar-refractivity contribution in [2.24, 2.45) is 0 Å². The summed E-state index contributed by atoms with van der Waals surface area (Å²) in [7, 11) is 0. The van der Waals surface area contributed by atoms with Gasteiger partial charge in [0.1, 0.15) is 0 Å². The molecule has 14 heavy (non-hydrogen) atoms. The molecule has 0 aliphatic rings. The lowest BCUT2D eigenvalue weighted by Gasteiger charge is -1.96. The molecule has 0 fully saturated rings. The van der Waals surface area contributed by atoms with E-state index in [4.69, 9.17) is 0 Å². The second-order valence-electron chi connectivity index (χ2n) is 3.16. The number of aromatic amines is 1. The van der Waals surface area contributed by atoms with Crippen molar-refractivity contribution < 1.29 is 0 Å². The van der Waals surface area contributed by atoms with Gasteiger partial charge in [-0.25, -0.2) is 4.37 Å². The van der Waals surface area contributed by atoms with Crippen LogP contribution < -0.4 is 0 Å². The number of nitrogens with one attached hydrogen (secondary N) is 1. The Morgan fingerprint density at radius 1 is 1.14 bits per heavy atom. The third kappa shape index (κ3) is 1.14. The second-order valence-corrected chi connectivity index (χ2v) is 3.99. The average molecular weight is 200 g/mol. The van der Waals surface area contributed by atoms with Gasteiger partial charge in [0.2, 0.25) is 0 Å². The van der Waals surface area contributed by atoms with Gasteiger partial charge < -0.3 is 4.98 Å². The Morgan fingerprint density at radius 2 is 2.14 bits per heavy atom. The Balaban J connectivity index is 2.23. The first-order valence-electron chi connectivity index (χ1n) is 4.42. The maximum Gasteiger partial charge on any atom is 0.0550 e. The molecule has 0 saturated heterocycles. The van der Waals surface area contributed by atoms with E-state index in [2.05, 4.69) is 33.6 Å². The molecule has 0 saturated carbocycles. The van der Waals surface area contributed by atoms with E-state index in [1.165, 1.54) is 32.9 Å². The van der Waals surface area contributed by atoms with Crippen LogP contribution in [0.1, 0.15) is 0 Å². The van der Waals surface area contributed by atoms with Gasteiger partial charge >= 0.3 is 0 Å². The first-order chi connectivity index (χ1) is 6.93. The molecule has 2 nitrogen and oxygen atoms in total. The fourth-order valence-electron chi connectivity index (χ4n) is 1.57. The molecule has 0 spiro atoms. The minimum atomic E-state index is 1.18. The van der Waals surface area contributed by atoms with Gasteiger partial charge in [0, 0.05) is 17.9 Å². The highest BCUT2D eigenvalue weighted by molar-refractivity contribution is 7.09. The summed E-state index contributed by atoms with van der Waals surface area (Å²) >= 11 is 1.53. The molecule has 0 atom stereocenters. The van der Waals surface area contributed by atoms with Crippen LogP contribution in [0, 0.1) is 0 Å². The van der Waals surface area contributed by atoms with Gasteiger partial charge in [0.25, 0.3) is 0 Å². The van der Waals surface area contributed by atoms with Crippen molar-refractivity contribution in [2.75, 3.05) is 0 Å². The normalized spacial score (nSPS) is 10.9. The lowest BCUT2D eigenvalue weighted by atomic mass is 10.1. The smallest absolute Gasteiger partial charge is 0.0550 e. The van der Waals surface area contributed by atoms with Crippen LogP contribution in [0.25, 0.3) is 21.3 Å². The Hall–Kier alpha value is -1.61. The van der Waals surface area contributed by atoms with Gasteiger partial charge in [-0.05, 0) is 46.7 Å². The standard InChI is InChI=1S/C11H8N2S/c1-2-10-8(3-5-12-10)7-9(1)11-4-6-13-14-11/h1-7,12H. The van der Waals surface area contributed by atoms with Crippen molar-refractivity contribution in [1.29, 1.82) is 0 Å². The highest BCUT2D eigenvalue weighted by Gasteiger charge is 2.00. The van der Waals surface area contributed by atoms with Crippen molar-refractivity contribution in [3.63, 3.8) is 0 Å². The second kappa shape index (κ2) is 2.96. The number of fused-ring (bicyclic) bond motifs is 1. The van der Waals surface area contributed by atoms with E-state index < -0.39 is 0 Å². The predicted molar refractivity (Wildman–Crippen MR) is 59.4 cm³/mol. The van der Waals surface area contributed by atoms with Crippen molar-refractivity contribution in [2.45, 2.75) is 0 Å². The van der Waals surface area contributed by atoms with E-state index >= 15 is 0 Å². The monoisotopic (exact) mass is 200 g/mol. The van der Waals surface area contributed by atoms with Crippen molar-refractivity contribution in [3.8, 4) is 10.4 Å². The van der Waals surface area contributed by atoms with E-state index in [0.29, 0.717) is 0 Å². The Morgan fingerprint density at radius 3 is 3.00 bits per heavy atom. The molecule has 68 valence electrons. The van der Waals surface area contributed by atoms with Crippen LogP contribution >= 0.6 is 11.5 Å². The van der Waals surface area contributed by atoms with E-state index in [1.54, 1.807) is 0 Å². The van der Waals surface area contributed by atoms with E-state index in [0.717, 1.165) is 0 Å². The molecular weight excluding hydrogens is 192 g/mol. The number of H-pyrrole nitrogens is 1. The molecule has 2 aromatic heterocycles. The zero-order valence-electron chi connectivity index (χ0n) is 7.40. The fraction of sp³-hybridized carbons (Fsp3) is 0. The molecule has 2 heterocycles. The Bertz CT molecular complexity index is 551. The Kier molecular flexibility index (Phi) is 1.64. The molecule has 1 N–H and O–H groups in total. The minimum absolute atomic E-state index is 1.18. The van der Waals surface area contributed by atoms with Crippen LogP contribution in [0.2, 0.25) is 0 Å². The van der Waals surface area contributed by atoms with Gasteiger partial charge in [0.05, 0.1) is 4.88 Å². The van der Waals surface area contributed by atoms with Crippen molar-refractivity contribution >= 4 is 22.4 Å². The molecule has 0 aliphatic heterocycles. The van der Waals surface area contributed by atoms with Crippen LogP contribution in [0.3, 0.4) is 0 Å². The van der Waals surface area contributed by atoms with Crippen molar-refractivity contribution in [1.82, 2.24) is 9.36 Å². The summed E-state index contributed by atoms with van der Waals surface area (Å²) in [6.45, 7) is 0. The topological polar surface area (TPSA) is 28.7 Å². The SMILES string of the molecule is c1cc(-c2ccc3[nH]ccc3c2)sn1. The van der Waals surface area contributed by atoms with Gasteiger partial charge in [-0.1, -0.05) is 6.07 Å². The highest BCUT2D eigenvalue weighted by Crippen LogP contribution is 2.25. The molecule has 3 aromatic rings. The minimum Gasteiger partial charge on any atom is -0.361 e. The summed E-state index contributed by atoms with van der Waals surface area (Å²) in [5.41, 5.74) is 2.41. The molecule has 0 aliphatic carbocycles. The zero-order chi connectivity index (χ0) is 9.38. The van der Waals surface area contributed by atoms with Crippen LogP contribution in [-0.2, 0) is 0 Å². The fourth-order valence-corrected chi connectivity index (χ4v) is 2.16. The van der Waals surface area contributed by atoms with Crippen LogP contribution in [-0.4, -0.2) is 9.36 Å². The first kappa shape index (κ1) is 7.76. The van der Waals surface area contributed by atoms with E-state index in [9.17, 15) is 0 Å². The molecular formula is C11H8N2S. The quantitative estimate of drug-likeness (QED) is 0.641. The summed E-state index contributed by atoms with van der Waals surface area (Å²) in [6, 6.07) is 10.5. The maximum absolute atomic E-state index is 4.10. The maximum atomic E-state index is 4.10. The Labute approximate surface area is 85.4 Å². The lowest BCUT2D eigenvalue weighted by Crippen LogP contribution is -1.72. The summed E-state index contributed by atoms with van der Waals surface area (Å²) in [5, 5.41) is 1.25. The van der Waals surface area contributed by atoms with Gasteiger partial charge in [0.15, 0.2) is 0 Å². The third-order valence-corrected chi connectivity index (χ3v) is 3.07. The van der Waals surface area contributed by atoms with Crippen molar-refractivity contribution in [3.05, 3.63) is 42.7 Å². The molecule has 3 heteroatoms. The average Bonchev–Trinajstić information content (AvgIpc) is 2.88. The van der Waals surface area contributed by atoms with Gasteiger partial charge in [-0.15, -0.1) is 0 Å². The van der Waals surface area contributed by atoms with Gasteiger partial charge in [-0.2, -0.15) is 0 Å². The predicted octanol–water partition coefficient (Wildman–Crippen LogP) is 3.29. The largest absolute Gasteiger partial charge is 0.361 e. The number of nitrogens with zero attached hydrogens (tertiary/aromatic N) is 1. The number of aromatic nitrogens is 2. The van der Waals surface area contributed by atoms with Crippen LogP contribution in [0.4, 0.5) is 0 Å². The van der Waals surface area contributed by atoms with E-state index in [1.807, 2.05) is 18.5 Å². The van der Waals surface area contributed by atoms with E-state index in [-0.39, 0.29) is 0 Å². The first-order valence-corrected chi connectivity index (χ1v) is 5.19. The summed E-state index contributed by atoms with van der Waals surface area (Å²) in [4.78, 5) is 4.40. The molecule has 0 bridgehead atoms. The summed E-state index contributed by atoms with van der Waals surface area (Å²) in [5.74, 6) is 0. The molecule has 0 radical (unpaired) electrons. The summed E-state index contributed by atoms with van der Waals surface area (Å²) < 4.78 is 4.10. The number of benzene rings is 1. The summed E-state index contributed by atoms with van der Waals surface area (Å²) in [6.07, 6.45) is 3.79. The molecule has 0 amide bonds. The third-order valence-electron chi connectivity index (χ3n) is 2.28. The van der Waals surface area contributed by atoms with Gasteiger partial charge in [-0.3, -0.25) is 0 Å². The number of hydrogen-bond acceptors (Lipinski definition) is 2. The molecule has 3 rings (SSSR count). The number of rotatable bonds is 1. The lowest BCUT2D eigenvalue weighted by molar-refractivity contribution is 1.48. The molecule has 0 unspecified atom stereocenters.